The number of nitrogens with two attached hydrogens (primary N) is 1. The highest BCUT2D eigenvalue weighted by atomic mass is 35.5. The van der Waals surface area contributed by atoms with E-state index in [1.165, 1.54) is 0 Å². The van der Waals surface area contributed by atoms with E-state index in [0.717, 1.165) is 32.6 Å². The third kappa shape index (κ3) is 5.52. The zero-order valence-electron chi connectivity index (χ0n) is 11.3. The second-order valence-corrected chi connectivity index (χ2v) is 5.13. The molecular weight excluding hydrogens is 254 g/mol. The minimum absolute atomic E-state index is 0. The predicted octanol–water partition coefficient (Wildman–Crippen LogP) is -0.0819. The van der Waals surface area contributed by atoms with Crippen molar-refractivity contribution < 1.29 is 9.90 Å². The molecule has 0 aliphatic carbocycles. The number of aliphatic hydroxyl groups excluding tert-OH is 1. The highest BCUT2D eigenvalue weighted by Crippen LogP contribution is 2.08. The first-order valence-electron chi connectivity index (χ1n) is 6.42. The van der Waals surface area contributed by atoms with Gasteiger partial charge < -0.3 is 15.7 Å². The van der Waals surface area contributed by atoms with Crippen molar-refractivity contribution in [1.82, 2.24) is 9.80 Å². The number of carbonyl (C=O) groups is 1. The molecule has 0 unspecified atom stereocenters. The molecule has 1 fully saturated rings. The Morgan fingerprint density at radius 2 is 1.83 bits per heavy atom. The van der Waals surface area contributed by atoms with Gasteiger partial charge in [-0.3, -0.25) is 9.69 Å². The van der Waals surface area contributed by atoms with Gasteiger partial charge in [0.05, 0.1) is 12.6 Å². The quantitative estimate of drug-likeness (QED) is 0.739. The summed E-state index contributed by atoms with van der Waals surface area (Å²) >= 11 is 0. The third-order valence-electron chi connectivity index (χ3n) is 3.14. The minimum Gasteiger partial charge on any atom is -0.395 e. The van der Waals surface area contributed by atoms with Crippen LogP contribution in [-0.2, 0) is 4.79 Å². The van der Waals surface area contributed by atoms with Crippen LogP contribution in [0.4, 0.5) is 0 Å². The topological polar surface area (TPSA) is 69.8 Å². The lowest BCUT2D eigenvalue weighted by Gasteiger charge is -2.35. The van der Waals surface area contributed by atoms with Gasteiger partial charge in [-0.05, 0) is 12.3 Å². The molecular formula is C12H26ClN3O2. The molecule has 0 spiro atoms. The summed E-state index contributed by atoms with van der Waals surface area (Å²) in [4.78, 5) is 16.0. The van der Waals surface area contributed by atoms with Crippen LogP contribution in [0.3, 0.4) is 0 Å². The Hall–Kier alpha value is -0.360. The molecule has 0 aromatic heterocycles. The highest BCUT2D eigenvalue weighted by Gasteiger charge is 2.25. The molecule has 6 heteroatoms. The fourth-order valence-electron chi connectivity index (χ4n) is 2.18. The van der Waals surface area contributed by atoms with E-state index in [1.54, 1.807) is 0 Å². The van der Waals surface area contributed by atoms with Gasteiger partial charge in [0.15, 0.2) is 0 Å². The number of rotatable bonds is 5. The number of nitrogens with zero attached hydrogens (tertiary/aromatic N) is 2. The molecule has 0 aromatic rings. The summed E-state index contributed by atoms with van der Waals surface area (Å²) < 4.78 is 0. The molecule has 108 valence electrons. The molecule has 3 N–H and O–H groups in total. The molecule has 0 radical (unpaired) electrons. The monoisotopic (exact) mass is 279 g/mol. The van der Waals surface area contributed by atoms with Crippen LogP contribution < -0.4 is 5.73 Å². The van der Waals surface area contributed by atoms with Crippen LogP contribution in [0.1, 0.15) is 20.3 Å². The predicted molar refractivity (Wildman–Crippen MR) is 74.8 cm³/mol. The van der Waals surface area contributed by atoms with Gasteiger partial charge in [0.1, 0.15) is 0 Å². The number of carbonyl (C=O) groups excluding carboxylic acids is 1. The van der Waals surface area contributed by atoms with Crippen LogP contribution in [0.2, 0.25) is 0 Å². The molecule has 1 saturated heterocycles. The number of aliphatic hydroxyl groups is 1. The van der Waals surface area contributed by atoms with Crippen molar-refractivity contribution in [3.63, 3.8) is 0 Å². The van der Waals surface area contributed by atoms with Crippen LogP contribution in [0.5, 0.6) is 0 Å². The van der Waals surface area contributed by atoms with E-state index in [4.69, 9.17) is 10.8 Å². The highest BCUT2D eigenvalue weighted by molar-refractivity contribution is 5.85. The molecule has 1 aliphatic heterocycles. The Morgan fingerprint density at radius 1 is 1.28 bits per heavy atom. The second kappa shape index (κ2) is 8.69. The normalized spacial score (nSPS) is 18.6. The van der Waals surface area contributed by atoms with Gasteiger partial charge in [0, 0.05) is 32.7 Å². The van der Waals surface area contributed by atoms with E-state index in [0.29, 0.717) is 12.5 Å². The number of hydrogen-bond donors (Lipinski definition) is 2. The zero-order chi connectivity index (χ0) is 12.8. The summed E-state index contributed by atoms with van der Waals surface area (Å²) in [7, 11) is 0. The molecule has 1 aliphatic rings. The molecule has 18 heavy (non-hydrogen) atoms. The summed E-state index contributed by atoms with van der Waals surface area (Å²) in [6.07, 6.45) is 0.746. The smallest absolute Gasteiger partial charge is 0.239 e. The van der Waals surface area contributed by atoms with Gasteiger partial charge >= 0.3 is 0 Å². The van der Waals surface area contributed by atoms with Gasteiger partial charge in [0.2, 0.25) is 5.91 Å². The largest absolute Gasteiger partial charge is 0.395 e. The van der Waals surface area contributed by atoms with Crippen molar-refractivity contribution in [3.8, 4) is 0 Å². The first-order valence-corrected chi connectivity index (χ1v) is 6.42. The average molecular weight is 280 g/mol. The van der Waals surface area contributed by atoms with E-state index >= 15 is 0 Å². The van der Waals surface area contributed by atoms with Gasteiger partial charge in [0.25, 0.3) is 0 Å². The third-order valence-corrected chi connectivity index (χ3v) is 3.14. The summed E-state index contributed by atoms with van der Waals surface area (Å²) in [5.41, 5.74) is 5.90. The number of halogens is 1. The second-order valence-electron chi connectivity index (χ2n) is 5.13. The van der Waals surface area contributed by atoms with Crippen molar-refractivity contribution in [2.24, 2.45) is 11.7 Å². The van der Waals surface area contributed by atoms with Crippen LogP contribution >= 0.6 is 12.4 Å². The fourth-order valence-corrected chi connectivity index (χ4v) is 2.18. The maximum absolute atomic E-state index is 12.0. The van der Waals surface area contributed by atoms with Crippen molar-refractivity contribution in [2.45, 2.75) is 26.3 Å². The van der Waals surface area contributed by atoms with Gasteiger partial charge in [-0.1, -0.05) is 13.8 Å². The fraction of sp³-hybridized carbons (Fsp3) is 0.917. The Balaban J connectivity index is 0.00000289. The molecule has 5 nitrogen and oxygen atoms in total. The van der Waals surface area contributed by atoms with E-state index in [-0.39, 0.29) is 31.0 Å². The van der Waals surface area contributed by atoms with Crippen LogP contribution in [0.25, 0.3) is 0 Å². The molecule has 0 aromatic carbocycles. The zero-order valence-corrected chi connectivity index (χ0v) is 12.2. The van der Waals surface area contributed by atoms with E-state index in [1.807, 2.05) is 4.90 Å². The summed E-state index contributed by atoms with van der Waals surface area (Å²) in [5, 5.41) is 8.84. The van der Waals surface area contributed by atoms with Crippen LogP contribution in [0.15, 0.2) is 0 Å². The Bertz CT molecular complexity index is 243. The van der Waals surface area contributed by atoms with Gasteiger partial charge in [-0.15, -0.1) is 12.4 Å². The number of hydrogen-bond acceptors (Lipinski definition) is 4. The van der Waals surface area contributed by atoms with Crippen molar-refractivity contribution in [1.29, 1.82) is 0 Å². The molecule has 1 amide bonds. The Labute approximate surface area is 116 Å². The summed E-state index contributed by atoms with van der Waals surface area (Å²) in [5.74, 6) is 0.520. The number of amides is 1. The standard InChI is InChI=1S/C12H25N3O2.ClH/c1-10(2)9-11(13)12(17)15-5-3-14(4-6-15)7-8-16;/h10-11,16H,3-9,13H2,1-2H3;1H/t11-;/m0./s1. The minimum atomic E-state index is -0.362. The number of piperazine rings is 1. The average Bonchev–Trinajstić information content (AvgIpc) is 2.28. The Kier molecular flexibility index (Phi) is 8.52. The maximum Gasteiger partial charge on any atom is 0.239 e. The molecule has 0 bridgehead atoms. The Morgan fingerprint density at radius 3 is 2.28 bits per heavy atom. The van der Waals surface area contributed by atoms with Crippen LogP contribution in [-0.4, -0.2) is 66.2 Å². The van der Waals surface area contributed by atoms with Gasteiger partial charge in [-0.25, -0.2) is 0 Å². The number of β-amino-alcohol motifs (C(OH)–C–C–N with tert-alkyl or cyclic N) is 1. The van der Waals surface area contributed by atoms with Crippen molar-refractivity contribution >= 4 is 18.3 Å². The lowest BCUT2D eigenvalue weighted by atomic mass is 10.0. The lowest BCUT2D eigenvalue weighted by molar-refractivity contribution is -0.134. The van der Waals surface area contributed by atoms with Crippen molar-refractivity contribution in [2.75, 3.05) is 39.3 Å². The van der Waals surface area contributed by atoms with E-state index < -0.39 is 0 Å². The van der Waals surface area contributed by atoms with Crippen molar-refractivity contribution in [3.05, 3.63) is 0 Å². The maximum atomic E-state index is 12.0. The molecule has 1 heterocycles. The SMILES string of the molecule is CC(C)C[C@H](N)C(=O)N1CCN(CCO)CC1.Cl. The van der Waals surface area contributed by atoms with Gasteiger partial charge in [-0.2, -0.15) is 0 Å². The van der Waals surface area contributed by atoms with E-state index in [9.17, 15) is 4.79 Å². The summed E-state index contributed by atoms with van der Waals surface area (Å²) in [6, 6.07) is -0.362. The van der Waals surface area contributed by atoms with Crippen LogP contribution in [0, 0.1) is 5.92 Å². The first-order chi connectivity index (χ1) is 8.04. The first kappa shape index (κ1) is 17.6. The van der Waals surface area contributed by atoms with E-state index in [2.05, 4.69) is 18.7 Å². The molecule has 0 saturated carbocycles. The lowest BCUT2D eigenvalue weighted by Crippen LogP contribution is -2.53. The molecule has 1 rings (SSSR count). The summed E-state index contributed by atoms with van der Waals surface area (Å²) in [6.45, 7) is 8.15. The molecule has 1 atom stereocenters.